The highest BCUT2D eigenvalue weighted by Crippen LogP contribution is 2.46. The van der Waals surface area contributed by atoms with Crippen LogP contribution in [0.3, 0.4) is 0 Å². The van der Waals surface area contributed by atoms with Crippen LogP contribution in [-0.2, 0) is 23.7 Å². The topological polar surface area (TPSA) is 175 Å². The predicted octanol–water partition coefficient (Wildman–Crippen LogP) is 4.75. The van der Waals surface area contributed by atoms with Crippen LogP contribution in [0, 0.1) is 11.8 Å². The van der Waals surface area contributed by atoms with E-state index in [1.165, 1.54) is 4.57 Å². The predicted molar refractivity (Wildman–Crippen MR) is 236 cm³/mol. The third-order valence-electron chi connectivity index (χ3n) is 13.6. The number of nitrogens with zero attached hydrogens (tertiary/aromatic N) is 8. The molecule has 2 amide bonds. The Hall–Kier alpha value is -5.59. The minimum absolute atomic E-state index is 0.0370. The summed E-state index contributed by atoms with van der Waals surface area (Å²) in [6, 6.07) is 10.3. The number of carbonyl (C=O) groups excluding carboxylic acids is 2. The Morgan fingerprint density at radius 3 is 2.54 bits per heavy atom. The zero-order valence-corrected chi connectivity index (χ0v) is 35.9. The van der Waals surface area contributed by atoms with Crippen LogP contribution in [0.5, 0.6) is 5.75 Å². The summed E-state index contributed by atoms with van der Waals surface area (Å²) in [7, 11) is 3.47. The molecule has 3 aromatic heterocycles. The molecular weight excluding hydrogens is 836 g/mol. The number of aromatic nitrogens is 5. The maximum absolute atomic E-state index is 15.2. The Labute approximate surface area is 366 Å². The molecule has 5 aromatic rings. The monoisotopic (exact) mass is 885 g/mol. The second kappa shape index (κ2) is 16.2. The highest BCUT2D eigenvalue weighted by Gasteiger charge is 2.51. The lowest BCUT2D eigenvalue weighted by Gasteiger charge is -2.44. The lowest BCUT2D eigenvalue weighted by molar-refractivity contribution is -0.134. The number of rotatable bonds is 9. The molecule has 7 heterocycles. The smallest absolute Gasteiger partial charge is 0.301 e. The molecule has 63 heavy (non-hydrogen) atoms. The standard InChI is InChI=1S/C44H50ClF2N11O5/c1-54-33-9-5-26(17-31(33)37-38(42(54)62)63-23-44(46,47)39(51-37)25-3-4-25)49-40-32(45)19-48-43(52-40)56-13-11-24(12-14-56)20-57-15-16-58(21-28(57)22-59)27-6-7-29-34(18-27)55(2)53-36(29)30-8-10-35(60)50-41(30)61/h5-7,9,17-19,24-25,28,30,39,51,59H,3-4,8,10-16,20-23H2,1-2H3,(H,48,49,52)(H,50,60,61)/t28-,30?,39+/m1/s1. The van der Waals surface area contributed by atoms with Gasteiger partial charge in [-0.1, -0.05) is 11.6 Å². The van der Waals surface area contributed by atoms with E-state index in [0.717, 1.165) is 62.2 Å². The molecule has 332 valence electrons. The molecule has 19 heteroatoms. The third kappa shape index (κ3) is 7.79. The van der Waals surface area contributed by atoms with Gasteiger partial charge in [-0.25, -0.2) is 13.8 Å². The maximum Gasteiger partial charge on any atom is 0.301 e. The van der Waals surface area contributed by atoms with Gasteiger partial charge in [0.15, 0.2) is 12.4 Å². The fourth-order valence-electron chi connectivity index (χ4n) is 9.89. The molecule has 4 N–H and O–H groups in total. The number of imide groups is 1. The van der Waals surface area contributed by atoms with Gasteiger partial charge in [-0.05, 0) is 80.3 Å². The average Bonchev–Trinajstić information content (AvgIpc) is 4.08. The number of anilines is 5. The summed E-state index contributed by atoms with van der Waals surface area (Å²) in [6.07, 6.45) is 5.54. The van der Waals surface area contributed by atoms with E-state index in [9.17, 15) is 19.5 Å². The largest absolute Gasteiger partial charge is 0.480 e. The number of benzene rings is 2. The number of amides is 2. The number of aliphatic hydroxyl groups is 1. The summed E-state index contributed by atoms with van der Waals surface area (Å²) in [5.41, 5.74) is 3.58. The minimum Gasteiger partial charge on any atom is -0.480 e. The van der Waals surface area contributed by atoms with Crippen molar-refractivity contribution >= 4 is 74.0 Å². The number of halogens is 3. The molecule has 0 bridgehead atoms. The molecule has 5 aliphatic rings. The Bertz CT molecular complexity index is 2680. The lowest BCUT2D eigenvalue weighted by Crippen LogP contribution is -2.56. The molecule has 4 aliphatic heterocycles. The number of hydrogen-bond acceptors (Lipinski definition) is 13. The average molecular weight is 886 g/mol. The summed E-state index contributed by atoms with van der Waals surface area (Å²) in [6.45, 7) is 3.80. The molecule has 1 saturated carbocycles. The van der Waals surface area contributed by atoms with Gasteiger partial charge >= 0.3 is 5.92 Å². The van der Waals surface area contributed by atoms with E-state index in [4.69, 9.17) is 26.4 Å². The number of nitrogens with one attached hydrogen (secondary N) is 3. The quantitative estimate of drug-likeness (QED) is 0.150. The first-order valence-electron chi connectivity index (χ1n) is 21.7. The number of piperazine rings is 1. The van der Waals surface area contributed by atoms with Crippen LogP contribution in [-0.4, -0.2) is 117 Å². The summed E-state index contributed by atoms with van der Waals surface area (Å²) >= 11 is 6.64. The van der Waals surface area contributed by atoms with Gasteiger partial charge in [0.05, 0.1) is 53.2 Å². The molecule has 0 spiro atoms. The molecular formula is C44H50ClF2N11O5. The molecule has 1 unspecified atom stereocenters. The van der Waals surface area contributed by atoms with E-state index < -0.39 is 30.0 Å². The van der Waals surface area contributed by atoms with Crippen molar-refractivity contribution in [2.75, 3.05) is 72.9 Å². The molecule has 3 atom stereocenters. The van der Waals surface area contributed by atoms with Crippen molar-refractivity contribution in [3.8, 4) is 5.75 Å². The van der Waals surface area contributed by atoms with Gasteiger partial charge < -0.3 is 34.8 Å². The second-order valence-corrected chi connectivity index (χ2v) is 18.1. The van der Waals surface area contributed by atoms with Gasteiger partial charge in [0, 0.05) is 81.9 Å². The number of carbonyl (C=O) groups is 2. The van der Waals surface area contributed by atoms with Gasteiger partial charge in [-0.3, -0.25) is 29.3 Å². The molecule has 3 saturated heterocycles. The van der Waals surface area contributed by atoms with Gasteiger partial charge in [-0.2, -0.15) is 10.1 Å². The SMILES string of the molecule is Cn1nc(C2CCC(=O)NC2=O)c2ccc(N3CCN(CC4CCN(c5ncc(Cl)c(Nc6ccc7c(c6)c6c(c(=O)n7C)OCC(F)(F)[C@H](C7CC7)N6)n5)CC4)[C@@H](CO)C3)cc21. The highest BCUT2D eigenvalue weighted by molar-refractivity contribution is 6.33. The molecule has 10 rings (SSSR count). The fourth-order valence-corrected chi connectivity index (χ4v) is 10.0. The Morgan fingerprint density at radius 1 is 0.968 bits per heavy atom. The van der Waals surface area contributed by atoms with Crippen LogP contribution in [0.2, 0.25) is 5.02 Å². The maximum atomic E-state index is 15.2. The van der Waals surface area contributed by atoms with E-state index in [1.807, 2.05) is 13.1 Å². The first-order chi connectivity index (χ1) is 30.3. The van der Waals surface area contributed by atoms with Crippen molar-refractivity contribution < 1.29 is 28.2 Å². The summed E-state index contributed by atoms with van der Waals surface area (Å²) in [5.74, 6) is -3.11. The van der Waals surface area contributed by atoms with Gasteiger partial charge in [0.25, 0.3) is 5.56 Å². The fraction of sp³-hybridized carbons (Fsp3) is 0.500. The molecule has 2 aromatic carbocycles. The van der Waals surface area contributed by atoms with Gasteiger partial charge in [0.2, 0.25) is 23.5 Å². The zero-order chi connectivity index (χ0) is 43.7. The number of aliphatic hydroxyl groups excluding tert-OH is 1. The van der Waals surface area contributed by atoms with Crippen molar-refractivity contribution in [1.82, 2.24) is 34.5 Å². The van der Waals surface area contributed by atoms with Gasteiger partial charge in [0.1, 0.15) is 5.02 Å². The van der Waals surface area contributed by atoms with Crippen LogP contribution < -0.4 is 36.0 Å². The zero-order valence-electron chi connectivity index (χ0n) is 35.1. The number of ether oxygens (including phenoxy) is 1. The Morgan fingerprint density at radius 2 is 1.78 bits per heavy atom. The van der Waals surface area contributed by atoms with E-state index >= 15 is 8.78 Å². The van der Waals surface area contributed by atoms with Crippen LogP contribution in [0.4, 0.5) is 37.6 Å². The lowest BCUT2D eigenvalue weighted by atomic mass is 9.92. The number of alkyl halides is 2. The van der Waals surface area contributed by atoms with E-state index in [1.54, 1.807) is 36.1 Å². The molecule has 1 aliphatic carbocycles. The number of piperidine rings is 2. The van der Waals surface area contributed by atoms with Crippen molar-refractivity contribution in [2.24, 2.45) is 25.9 Å². The molecule has 4 fully saturated rings. The molecule has 16 nitrogen and oxygen atoms in total. The van der Waals surface area contributed by atoms with Gasteiger partial charge in [-0.15, -0.1) is 0 Å². The molecule has 0 radical (unpaired) electrons. The van der Waals surface area contributed by atoms with E-state index in [-0.39, 0.29) is 41.8 Å². The minimum atomic E-state index is -3.14. The first-order valence-corrected chi connectivity index (χ1v) is 22.1. The second-order valence-electron chi connectivity index (χ2n) is 17.7. The summed E-state index contributed by atoms with van der Waals surface area (Å²) < 4.78 is 39.1. The number of aryl methyl sites for hydroxylation is 2. The summed E-state index contributed by atoms with van der Waals surface area (Å²) in [4.78, 5) is 53.9. The van der Waals surface area contributed by atoms with E-state index in [0.29, 0.717) is 77.2 Å². The highest BCUT2D eigenvalue weighted by atomic mass is 35.5. The van der Waals surface area contributed by atoms with Crippen molar-refractivity contribution in [3.05, 3.63) is 63.7 Å². The normalized spacial score (nSPS) is 23.3. The first kappa shape index (κ1) is 41.4. The van der Waals surface area contributed by atoms with Crippen LogP contribution in [0.1, 0.15) is 50.1 Å². The van der Waals surface area contributed by atoms with Crippen LogP contribution in [0.15, 0.2) is 47.4 Å². The van der Waals surface area contributed by atoms with Crippen molar-refractivity contribution in [1.29, 1.82) is 0 Å². The summed E-state index contributed by atoms with van der Waals surface area (Å²) in [5, 5.41) is 25.8. The third-order valence-corrected chi connectivity index (χ3v) is 13.9. The van der Waals surface area contributed by atoms with Crippen molar-refractivity contribution in [2.45, 2.75) is 62.4 Å². The number of fused-ring (bicyclic) bond motifs is 4. The van der Waals surface area contributed by atoms with Crippen LogP contribution in [0.25, 0.3) is 21.8 Å². The van der Waals surface area contributed by atoms with Crippen molar-refractivity contribution in [3.63, 3.8) is 0 Å². The Balaban J connectivity index is 0.783. The number of pyridine rings is 1. The van der Waals surface area contributed by atoms with Crippen LogP contribution >= 0.6 is 11.6 Å². The van der Waals surface area contributed by atoms with E-state index in [2.05, 4.69) is 47.8 Å². The number of hydrogen-bond donors (Lipinski definition) is 4. The Kier molecular flexibility index (Phi) is 10.6.